The molecule has 4 nitrogen and oxygen atoms in total. The number of benzene rings is 1. The van der Waals surface area contributed by atoms with Gasteiger partial charge in [0.05, 0.1) is 33.4 Å². The van der Waals surface area contributed by atoms with E-state index in [0.29, 0.717) is 5.56 Å². The summed E-state index contributed by atoms with van der Waals surface area (Å²) in [4.78, 5) is 0. The first-order chi connectivity index (χ1) is 10.9. The second-order valence-electron chi connectivity index (χ2n) is 7.75. The lowest BCUT2D eigenvalue weighted by atomic mass is 9.73. The van der Waals surface area contributed by atoms with E-state index in [9.17, 15) is 9.47 Å². The molecule has 1 spiro atoms. The molecule has 1 aromatic rings. The molecule has 1 aliphatic carbocycles. The van der Waals surface area contributed by atoms with Gasteiger partial charge >= 0.3 is 0 Å². The molecule has 0 saturated carbocycles. The van der Waals surface area contributed by atoms with Crippen LogP contribution in [-0.4, -0.2) is 22.0 Å². The number of rotatable bonds is 2. The highest BCUT2D eigenvalue weighted by atomic mass is 32.2. The fraction of sp³-hybridized carbons (Fsp3) is 0.611. The van der Waals surface area contributed by atoms with E-state index in [1.54, 1.807) is 0 Å². The second kappa shape index (κ2) is 6.01. The van der Waals surface area contributed by atoms with Crippen molar-refractivity contribution in [2.24, 2.45) is 5.41 Å². The molecule has 3 rings (SSSR count). The first-order valence-electron chi connectivity index (χ1n) is 8.27. The van der Waals surface area contributed by atoms with Crippen molar-refractivity contribution in [2.75, 3.05) is 13.1 Å². The zero-order chi connectivity index (χ0) is 16.7. The van der Waals surface area contributed by atoms with E-state index in [1.165, 1.54) is 11.1 Å². The fourth-order valence-corrected chi connectivity index (χ4v) is 4.71. The van der Waals surface area contributed by atoms with Gasteiger partial charge in [0, 0.05) is 0 Å². The molecule has 5 heteroatoms. The first-order valence-corrected chi connectivity index (χ1v) is 9.42. The maximum atomic E-state index is 12.7. The van der Waals surface area contributed by atoms with Crippen LogP contribution in [0.2, 0.25) is 0 Å². The first kappa shape index (κ1) is 16.6. The minimum Gasteiger partial charge on any atom is -0.317 e. The van der Waals surface area contributed by atoms with Gasteiger partial charge in [-0.3, -0.25) is 0 Å². The Kier molecular flexibility index (Phi) is 4.35. The van der Waals surface area contributed by atoms with E-state index in [-0.39, 0.29) is 16.2 Å². The van der Waals surface area contributed by atoms with E-state index in [4.69, 9.17) is 0 Å². The van der Waals surface area contributed by atoms with Gasteiger partial charge in [-0.15, -0.1) is 0 Å². The van der Waals surface area contributed by atoms with Crippen molar-refractivity contribution in [1.82, 2.24) is 10.0 Å². The highest BCUT2D eigenvalue weighted by Gasteiger charge is 2.47. The molecular weight excluding hydrogens is 306 g/mol. The van der Waals surface area contributed by atoms with Crippen LogP contribution < -0.4 is 10.0 Å². The quantitative estimate of drug-likeness (QED) is 0.875. The van der Waals surface area contributed by atoms with Crippen LogP contribution >= 0.6 is 0 Å². The van der Waals surface area contributed by atoms with Gasteiger partial charge in [-0.25, -0.2) is 8.93 Å². The molecule has 0 radical (unpaired) electrons. The van der Waals surface area contributed by atoms with Gasteiger partial charge in [-0.1, -0.05) is 6.07 Å². The number of nitriles is 1. The summed E-state index contributed by atoms with van der Waals surface area (Å²) < 4.78 is 15.9. The third-order valence-corrected chi connectivity index (χ3v) is 6.68. The van der Waals surface area contributed by atoms with Crippen molar-refractivity contribution >= 4 is 11.0 Å². The Morgan fingerprint density at radius 1 is 1.35 bits per heavy atom. The highest BCUT2D eigenvalue weighted by molar-refractivity contribution is 7.84. The normalized spacial score (nSPS) is 24.2. The molecule has 1 unspecified atom stereocenters. The van der Waals surface area contributed by atoms with Crippen molar-refractivity contribution < 1.29 is 4.21 Å². The number of hydrogen-bond acceptors (Lipinski definition) is 3. The standard InChI is InChI=1S/C18H25N3OS/c1-17(2,3)23(22)21-16-15-10-13(12-19)4-5-14(15)11-18(16)6-8-20-9-7-18/h4-5,10,16,20-21H,6-9,11H2,1-3H3/t16-,23?/m0/s1. The monoisotopic (exact) mass is 331 g/mol. The van der Waals surface area contributed by atoms with Gasteiger partial charge in [0.15, 0.2) is 0 Å². The van der Waals surface area contributed by atoms with Crippen LogP contribution in [0.1, 0.15) is 56.3 Å². The topological polar surface area (TPSA) is 64.9 Å². The van der Waals surface area contributed by atoms with Crippen LogP contribution in [0.15, 0.2) is 18.2 Å². The lowest BCUT2D eigenvalue weighted by Crippen LogP contribution is -2.46. The van der Waals surface area contributed by atoms with Gasteiger partial charge in [-0.05, 0) is 81.8 Å². The summed E-state index contributed by atoms with van der Waals surface area (Å²) >= 11 is 0. The average Bonchev–Trinajstić information content (AvgIpc) is 2.79. The Labute approximate surface area is 141 Å². The average molecular weight is 331 g/mol. The Morgan fingerprint density at radius 2 is 2.04 bits per heavy atom. The molecular formula is C18H25N3OS. The molecule has 2 aliphatic rings. The van der Waals surface area contributed by atoms with Gasteiger partial charge in [0.1, 0.15) is 0 Å². The Hall–Kier alpha value is -1.22. The third-order valence-electron chi connectivity index (χ3n) is 5.12. The van der Waals surface area contributed by atoms with Gasteiger partial charge < -0.3 is 5.32 Å². The van der Waals surface area contributed by atoms with Gasteiger partial charge in [-0.2, -0.15) is 5.26 Å². The summed E-state index contributed by atoms with van der Waals surface area (Å²) in [7, 11) is -1.12. The van der Waals surface area contributed by atoms with Crippen LogP contribution in [0.25, 0.3) is 0 Å². The SMILES string of the molecule is CC(C)(C)S(=O)N[C@H]1c2cc(C#N)ccc2CC12CCNCC2. The zero-order valence-corrected chi connectivity index (χ0v) is 14.9. The molecule has 2 N–H and O–H groups in total. The number of nitrogens with one attached hydrogen (secondary N) is 2. The van der Waals surface area contributed by atoms with Crippen LogP contribution in [0, 0.1) is 16.7 Å². The van der Waals surface area contributed by atoms with Crippen molar-refractivity contribution in [3.05, 3.63) is 34.9 Å². The lowest BCUT2D eigenvalue weighted by molar-refractivity contribution is 0.164. The summed E-state index contributed by atoms with van der Waals surface area (Å²) in [5.41, 5.74) is 3.27. The van der Waals surface area contributed by atoms with E-state index < -0.39 is 11.0 Å². The number of piperidine rings is 1. The smallest absolute Gasteiger partial charge is 0.0991 e. The van der Waals surface area contributed by atoms with Crippen LogP contribution in [0.5, 0.6) is 0 Å². The molecule has 0 amide bonds. The van der Waals surface area contributed by atoms with Crippen molar-refractivity contribution in [1.29, 1.82) is 5.26 Å². The van der Waals surface area contributed by atoms with Crippen molar-refractivity contribution in [3.63, 3.8) is 0 Å². The summed E-state index contributed by atoms with van der Waals surface area (Å²) in [6, 6.07) is 8.27. The predicted molar refractivity (Wildman–Crippen MR) is 93.2 cm³/mol. The molecule has 124 valence electrons. The summed E-state index contributed by atoms with van der Waals surface area (Å²) in [5, 5.41) is 12.7. The maximum absolute atomic E-state index is 12.7. The van der Waals surface area contributed by atoms with E-state index in [0.717, 1.165) is 32.4 Å². The molecule has 1 aliphatic heterocycles. The third kappa shape index (κ3) is 3.08. The van der Waals surface area contributed by atoms with Gasteiger partial charge in [0.2, 0.25) is 0 Å². The van der Waals surface area contributed by atoms with Crippen molar-refractivity contribution in [2.45, 2.75) is 50.8 Å². The lowest BCUT2D eigenvalue weighted by Gasteiger charge is -2.40. The molecule has 0 bridgehead atoms. The molecule has 1 aromatic carbocycles. The van der Waals surface area contributed by atoms with E-state index >= 15 is 0 Å². The Bertz CT molecular complexity index is 666. The summed E-state index contributed by atoms with van der Waals surface area (Å²) in [5.74, 6) is 0. The van der Waals surface area contributed by atoms with E-state index in [1.807, 2.05) is 32.9 Å². The minimum atomic E-state index is -1.12. The molecule has 2 atom stereocenters. The molecule has 0 aromatic heterocycles. The Morgan fingerprint density at radius 3 is 2.65 bits per heavy atom. The van der Waals surface area contributed by atoms with Crippen LogP contribution in [0.3, 0.4) is 0 Å². The minimum absolute atomic E-state index is 0.0629. The zero-order valence-electron chi connectivity index (χ0n) is 14.1. The maximum Gasteiger partial charge on any atom is 0.0991 e. The Balaban J connectivity index is 2.00. The molecule has 23 heavy (non-hydrogen) atoms. The predicted octanol–water partition coefficient (Wildman–Crippen LogP) is 2.58. The van der Waals surface area contributed by atoms with Gasteiger partial charge in [0.25, 0.3) is 0 Å². The second-order valence-corrected chi connectivity index (χ2v) is 9.74. The number of fused-ring (bicyclic) bond motifs is 1. The highest BCUT2D eigenvalue weighted by Crippen LogP contribution is 2.51. The number of hydrogen-bond donors (Lipinski definition) is 2. The fourth-order valence-electron chi connectivity index (χ4n) is 3.77. The van der Waals surface area contributed by atoms with E-state index in [2.05, 4.69) is 22.2 Å². The molecule has 1 saturated heterocycles. The van der Waals surface area contributed by atoms with Crippen LogP contribution in [-0.2, 0) is 17.4 Å². The molecule has 1 fully saturated rings. The summed E-state index contributed by atoms with van der Waals surface area (Å²) in [6.45, 7) is 7.98. The molecule has 1 heterocycles. The number of nitrogens with zero attached hydrogens (tertiary/aromatic N) is 1. The van der Waals surface area contributed by atoms with Crippen LogP contribution in [0.4, 0.5) is 0 Å². The summed E-state index contributed by atoms with van der Waals surface area (Å²) in [6.07, 6.45) is 3.15. The largest absolute Gasteiger partial charge is 0.317 e. The van der Waals surface area contributed by atoms with Crippen molar-refractivity contribution in [3.8, 4) is 6.07 Å².